The molecular formula is C22H22N2O. The van der Waals surface area contributed by atoms with Gasteiger partial charge in [0, 0.05) is 22.6 Å². The third-order valence-electron chi connectivity index (χ3n) is 6.47. The molecular weight excluding hydrogens is 308 g/mol. The Morgan fingerprint density at radius 3 is 2.80 bits per heavy atom. The lowest BCUT2D eigenvalue weighted by molar-refractivity contribution is 0.0457. The highest BCUT2D eigenvalue weighted by atomic mass is 16.3. The highest BCUT2D eigenvalue weighted by Crippen LogP contribution is 2.55. The van der Waals surface area contributed by atoms with E-state index in [1.54, 1.807) is 0 Å². The van der Waals surface area contributed by atoms with Crippen molar-refractivity contribution < 1.29 is 5.11 Å². The van der Waals surface area contributed by atoms with Crippen LogP contribution in [-0.2, 0) is 6.42 Å². The number of nitrogens with zero attached hydrogens (tertiary/aromatic N) is 2. The van der Waals surface area contributed by atoms with Crippen LogP contribution in [0.5, 0.6) is 0 Å². The van der Waals surface area contributed by atoms with Crippen LogP contribution < -0.4 is 0 Å². The summed E-state index contributed by atoms with van der Waals surface area (Å²) in [5, 5.41) is 11.6. The first-order valence-electron chi connectivity index (χ1n) is 9.18. The largest absolute Gasteiger partial charge is 0.393 e. The van der Waals surface area contributed by atoms with Crippen LogP contribution in [0.15, 0.2) is 48.7 Å². The van der Waals surface area contributed by atoms with Crippen molar-refractivity contribution in [2.75, 3.05) is 0 Å². The fourth-order valence-electron chi connectivity index (χ4n) is 4.88. The number of rotatable bonds is 1. The Bertz CT molecular complexity index is 953. The number of benzene rings is 2. The van der Waals surface area contributed by atoms with Gasteiger partial charge in [0.15, 0.2) is 5.82 Å². The molecule has 3 atom stereocenters. The first kappa shape index (κ1) is 15.0. The molecule has 0 spiro atoms. The number of aliphatic hydroxyl groups is 1. The Kier molecular flexibility index (Phi) is 3.23. The SMILES string of the molecule is C[C@@]12CCc3cc4nc(-c5ccccc5)ncc4cc3[C@H]1CC[C@H]2O. The van der Waals surface area contributed by atoms with E-state index in [1.165, 1.54) is 11.1 Å². The Labute approximate surface area is 147 Å². The van der Waals surface area contributed by atoms with Crippen molar-refractivity contribution in [1.82, 2.24) is 9.97 Å². The van der Waals surface area contributed by atoms with Gasteiger partial charge in [-0.15, -0.1) is 0 Å². The molecule has 2 aliphatic carbocycles. The molecule has 1 aromatic heterocycles. The smallest absolute Gasteiger partial charge is 0.159 e. The van der Waals surface area contributed by atoms with Gasteiger partial charge in [0.1, 0.15) is 0 Å². The Morgan fingerprint density at radius 2 is 1.96 bits per heavy atom. The molecule has 2 aromatic carbocycles. The molecule has 0 unspecified atom stereocenters. The lowest BCUT2D eigenvalue weighted by Crippen LogP contribution is -2.35. The predicted molar refractivity (Wildman–Crippen MR) is 99.4 cm³/mol. The van der Waals surface area contributed by atoms with Gasteiger partial charge in [-0.25, -0.2) is 9.97 Å². The molecule has 3 nitrogen and oxygen atoms in total. The van der Waals surface area contributed by atoms with Gasteiger partial charge in [-0.3, -0.25) is 0 Å². The van der Waals surface area contributed by atoms with Gasteiger partial charge in [-0.2, -0.15) is 0 Å². The zero-order valence-corrected chi connectivity index (χ0v) is 14.4. The summed E-state index contributed by atoms with van der Waals surface area (Å²) >= 11 is 0. The molecule has 0 radical (unpaired) electrons. The number of aliphatic hydroxyl groups excluding tert-OH is 1. The van der Waals surface area contributed by atoms with Crippen LogP contribution in [0.1, 0.15) is 43.2 Å². The number of aromatic nitrogens is 2. The lowest BCUT2D eigenvalue weighted by Gasteiger charge is -2.40. The molecule has 0 bridgehead atoms. The summed E-state index contributed by atoms with van der Waals surface area (Å²) in [5.41, 5.74) is 4.92. The van der Waals surface area contributed by atoms with Crippen molar-refractivity contribution >= 4 is 10.9 Å². The van der Waals surface area contributed by atoms with Crippen LogP contribution in [0.3, 0.4) is 0 Å². The van der Waals surface area contributed by atoms with E-state index in [0.717, 1.165) is 48.0 Å². The van der Waals surface area contributed by atoms with E-state index in [9.17, 15) is 5.11 Å². The van der Waals surface area contributed by atoms with Gasteiger partial charge < -0.3 is 5.11 Å². The molecule has 3 aromatic rings. The van der Waals surface area contributed by atoms with Crippen LogP contribution >= 0.6 is 0 Å². The maximum absolute atomic E-state index is 10.5. The van der Waals surface area contributed by atoms with Crippen molar-refractivity contribution in [3.8, 4) is 11.4 Å². The van der Waals surface area contributed by atoms with E-state index >= 15 is 0 Å². The summed E-state index contributed by atoms with van der Waals surface area (Å²) in [6.07, 6.45) is 5.87. The molecule has 2 aliphatic rings. The second-order valence-electron chi connectivity index (χ2n) is 7.82. The first-order valence-corrected chi connectivity index (χ1v) is 9.18. The first-order chi connectivity index (χ1) is 12.1. The van der Waals surface area contributed by atoms with E-state index < -0.39 is 0 Å². The normalized spacial score (nSPS) is 27.9. The third-order valence-corrected chi connectivity index (χ3v) is 6.47. The number of fused-ring (bicyclic) bond motifs is 4. The molecule has 25 heavy (non-hydrogen) atoms. The van der Waals surface area contributed by atoms with Gasteiger partial charge in [0.2, 0.25) is 0 Å². The lowest BCUT2D eigenvalue weighted by atomic mass is 9.66. The highest BCUT2D eigenvalue weighted by molar-refractivity contribution is 5.82. The van der Waals surface area contributed by atoms with Crippen molar-refractivity contribution in [1.29, 1.82) is 0 Å². The minimum absolute atomic E-state index is 0.0332. The number of hydrogen-bond donors (Lipinski definition) is 1. The average Bonchev–Trinajstić information content (AvgIpc) is 2.96. The number of aryl methyl sites for hydroxylation is 1. The van der Waals surface area contributed by atoms with Gasteiger partial charge in [0.25, 0.3) is 0 Å². The van der Waals surface area contributed by atoms with Crippen LogP contribution in [0, 0.1) is 5.41 Å². The van der Waals surface area contributed by atoms with Crippen LogP contribution in [-0.4, -0.2) is 21.2 Å². The maximum Gasteiger partial charge on any atom is 0.159 e. The van der Waals surface area contributed by atoms with Gasteiger partial charge >= 0.3 is 0 Å². The molecule has 3 heteroatoms. The van der Waals surface area contributed by atoms with Crippen LogP contribution in [0.2, 0.25) is 0 Å². The van der Waals surface area contributed by atoms with E-state index in [-0.39, 0.29) is 11.5 Å². The summed E-state index contributed by atoms with van der Waals surface area (Å²) in [6.45, 7) is 2.26. The molecule has 1 N–H and O–H groups in total. The molecule has 1 heterocycles. The summed E-state index contributed by atoms with van der Waals surface area (Å²) in [5.74, 6) is 1.24. The molecule has 5 rings (SSSR count). The molecule has 0 saturated heterocycles. The maximum atomic E-state index is 10.5. The summed E-state index contributed by atoms with van der Waals surface area (Å²) in [7, 11) is 0. The molecule has 1 saturated carbocycles. The second-order valence-corrected chi connectivity index (χ2v) is 7.82. The summed E-state index contributed by atoms with van der Waals surface area (Å²) in [6, 6.07) is 14.7. The van der Waals surface area contributed by atoms with E-state index in [0.29, 0.717) is 5.92 Å². The van der Waals surface area contributed by atoms with Crippen molar-refractivity contribution in [2.24, 2.45) is 5.41 Å². The monoisotopic (exact) mass is 330 g/mol. The second kappa shape index (κ2) is 5.37. The summed E-state index contributed by atoms with van der Waals surface area (Å²) in [4.78, 5) is 9.39. The van der Waals surface area contributed by atoms with Crippen molar-refractivity contribution in [3.63, 3.8) is 0 Å². The van der Waals surface area contributed by atoms with Crippen molar-refractivity contribution in [2.45, 2.75) is 44.6 Å². The van der Waals surface area contributed by atoms with Gasteiger partial charge in [-0.05, 0) is 54.9 Å². The van der Waals surface area contributed by atoms with Crippen LogP contribution in [0.25, 0.3) is 22.3 Å². The standard InChI is InChI=1S/C22H22N2O/c1-22-10-9-15-12-19-16(11-17(15)18(22)7-8-20(22)25)13-23-21(24-19)14-5-3-2-4-6-14/h2-6,11-13,18,20,25H,7-10H2,1H3/t18-,20-,22-/m1/s1. The van der Waals surface area contributed by atoms with E-state index in [4.69, 9.17) is 4.98 Å². The van der Waals surface area contributed by atoms with E-state index in [1.807, 2.05) is 36.5 Å². The quantitative estimate of drug-likeness (QED) is 0.715. The zero-order valence-electron chi connectivity index (χ0n) is 14.4. The fraction of sp³-hybridized carbons (Fsp3) is 0.364. The minimum Gasteiger partial charge on any atom is -0.393 e. The Balaban J connectivity index is 1.63. The Morgan fingerprint density at radius 1 is 1.12 bits per heavy atom. The third kappa shape index (κ3) is 2.22. The zero-order chi connectivity index (χ0) is 17.0. The van der Waals surface area contributed by atoms with Crippen LogP contribution in [0.4, 0.5) is 0 Å². The predicted octanol–water partition coefficient (Wildman–Crippen LogP) is 4.49. The van der Waals surface area contributed by atoms with Crippen molar-refractivity contribution in [3.05, 3.63) is 59.8 Å². The molecule has 126 valence electrons. The fourth-order valence-corrected chi connectivity index (χ4v) is 4.88. The van der Waals surface area contributed by atoms with E-state index in [2.05, 4.69) is 24.0 Å². The summed E-state index contributed by atoms with van der Waals surface area (Å²) < 4.78 is 0. The van der Waals surface area contributed by atoms with Gasteiger partial charge in [-0.1, -0.05) is 37.3 Å². The van der Waals surface area contributed by atoms with Gasteiger partial charge in [0.05, 0.1) is 11.6 Å². The molecule has 1 fully saturated rings. The topological polar surface area (TPSA) is 46.0 Å². The molecule has 0 amide bonds. The Hall–Kier alpha value is -2.26. The minimum atomic E-state index is -0.168. The highest BCUT2D eigenvalue weighted by Gasteiger charge is 2.48. The average molecular weight is 330 g/mol. The number of hydrogen-bond acceptors (Lipinski definition) is 3. The molecule has 0 aliphatic heterocycles.